The number of nitrogens with zero attached hydrogens (tertiary/aromatic N) is 4. The SMILES string of the molecule is Cc1ccc(CN(C)c2nc(Cl)nc3nc[nH]c23)cc1. The van der Waals surface area contributed by atoms with Gasteiger partial charge in [-0.3, -0.25) is 0 Å². The van der Waals surface area contributed by atoms with Gasteiger partial charge in [-0.15, -0.1) is 0 Å². The van der Waals surface area contributed by atoms with Gasteiger partial charge in [0.15, 0.2) is 11.5 Å². The van der Waals surface area contributed by atoms with E-state index >= 15 is 0 Å². The smallest absolute Gasteiger partial charge is 0.226 e. The summed E-state index contributed by atoms with van der Waals surface area (Å²) >= 11 is 5.95. The number of imidazole rings is 1. The van der Waals surface area contributed by atoms with E-state index in [1.54, 1.807) is 6.33 Å². The van der Waals surface area contributed by atoms with E-state index < -0.39 is 0 Å². The van der Waals surface area contributed by atoms with E-state index in [4.69, 9.17) is 11.6 Å². The number of anilines is 1. The van der Waals surface area contributed by atoms with Crippen molar-refractivity contribution >= 4 is 28.6 Å². The van der Waals surface area contributed by atoms with Crippen molar-refractivity contribution in [1.82, 2.24) is 19.9 Å². The molecule has 102 valence electrons. The number of H-pyrrole nitrogens is 1. The van der Waals surface area contributed by atoms with Gasteiger partial charge in [0.2, 0.25) is 5.28 Å². The third kappa shape index (κ3) is 2.44. The van der Waals surface area contributed by atoms with Gasteiger partial charge in [0.1, 0.15) is 5.52 Å². The van der Waals surface area contributed by atoms with Crippen LogP contribution in [0, 0.1) is 6.92 Å². The number of rotatable bonds is 3. The number of aromatic nitrogens is 4. The van der Waals surface area contributed by atoms with Crippen LogP contribution in [0.5, 0.6) is 0 Å². The fourth-order valence-corrected chi connectivity index (χ4v) is 2.27. The predicted molar refractivity (Wildman–Crippen MR) is 80.0 cm³/mol. The van der Waals surface area contributed by atoms with Crippen LogP contribution in [0.25, 0.3) is 11.2 Å². The van der Waals surface area contributed by atoms with Gasteiger partial charge in [-0.2, -0.15) is 9.97 Å². The van der Waals surface area contributed by atoms with Crippen LogP contribution in [-0.4, -0.2) is 27.0 Å². The number of aromatic amines is 1. The van der Waals surface area contributed by atoms with Crippen LogP contribution in [-0.2, 0) is 6.54 Å². The molecule has 0 aliphatic rings. The lowest BCUT2D eigenvalue weighted by Crippen LogP contribution is -2.18. The summed E-state index contributed by atoms with van der Waals surface area (Å²) in [5.41, 5.74) is 3.83. The molecule has 0 bridgehead atoms. The molecule has 3 rings (SSSR count). The Balaban J connectivity index is 1.93. The number of hydrogen-bond donors (Lipinski definition) is 1. The van der Waals surface area contributed by atoms with E-state index in [1.165, 1.54) is 11.1 Å². The number of fused-ring (bicyclic) bond motifs is 1. The standard InChI is InChI=1S/C14H14ClN5/c1-9-3-5-10(6-4-9)7-20(2)13-11-12(17-8-16-11)18-14(15)19-13/h3-6,8H,7H2,1-2H3,(H,16,17,18,19). The minimum atomic E-state index is 0.204. The molecule has 0 radical (unpaired) electrons. The van der Waals surface area contributed by atoms with E-state index in [-0.39, 0.29) is 5.28 Å². The average molecular weight is 288 g/mol. The molecule has 20 heavy (non-hydrogen) atoms. The van der Waals surface area contributed by atoms with E-state index in [1.807, 2.05) is 11.9 Å². The monoisotopic (exact) mass is 287 g/mol. The molecule has 0 saturated carbocycles. The summed E-state index contributed by atoms with van der Waals surface area (Å²) in [5, 5.41) is 0.204. The number of nitrogens with one attached hydrogen (secondary N) is 1. The van der Waals surface area contributed by atoms with Crippen molar-refractivity contribution in [3.63, 3.8) is 0 Å². The van der Waals surface area contributed by atoms with Gasteiger partial charge in [-0.05, 0) is 24.1 Å². The fraction of sp³-hybridized carbons (Fsp3) is 0.214. The van der Waals surface area contributed by atoms with Gasteiger partial charge in [-0.25, -0.2) is 4.98 Å². The third-order valence-corrected chi connectivity index (χ3v) is 3.31. The summed E-state index contributed by atoms with van der Waals surface area (Å²) in [6.07, 6.45) is 1.60. The Bertz CT molecular complexity index is 735. The summed E-state index contributed by atoms with van der Waals surface area (Å²) < 4.78 is 0. The zero-order valence-electron chi connectivity index (χ0n) is 11.3. The molecule has 0 aliphatic carbocycles. The second-order valence-electron chi connectivity index (χ2n) is 4.76. The molecule has 1 N–H and O–H groups in total. The molecule has 0 spiro atoms. The van der Waals surface area contributed by atoms with Crippen molar-refractivity contribution in [2.45, 2.75) is 13.5 Å². The summed E-state index contributed by atoms with van der Waals surface area (Å²) in [4.78, 5) is 17.6. The van der Waals surface area contributed by atoms with Crippen molar-refractivity contribution in [2.75, 3.05) is 11.9 Å². The van der Waals surface area contributed by atoms with Crippen molar-refractivity contribution in [1.29, 1.82) is 0 Å². The maximum absolute atomic E-state index is 5.95. The van der Waals surface area contributed by atoms with Gasteiger partial charge in [0, 0.05) is 13.6 Å². The van der Waals surface area contributed by atoms with E-state index in [0.717, 1.165) is 17.9 Å². The van der Waals surface area contributed by atoms with Gasteiger partial charge in [0.25, 0.3) is 0 Å². The second-order valence-corrected chi connectivity index (χ2v) is 5.10. The summed E-state index contributed by atoms with van der Waals surface area (Å²) in [6.45, 7) is 2.81. The average Bonchev–Trinajstić information content (AvgIpc) is 2.88. The molecule has 0 amide bonds. The zero-order chi connectivity index (χ0) is 14.1. The molecule has 0 unspecified atom stereocenters. The molecule has 0 atom stereocenters. The fourth-order valence-electron chi connectivity index (χ4n) is 2.11. The topological polar surface area (TPSA) is 57.7 Å². The number of hydrogen-bond acceptors (Lipinski definition) is 4. The van der Waals surface area contributed by atoms with Crippen LogP contribution in [0.15, 0.2) is 30.6 Å². The summed E-state index contributed by atoms with van der Waals surface area (Å²) in [7, 11) is 1.97. The summed E-state index contributed by atoms with van der Waals surface area (Å²) in [5.74, 6) is 0.748. The molecular weight excluding hydrogens is 274 g/mol. The first kappa shape index (κ1) is 12.9. The quantitative estimate of drug-likeness (QED) is 0.753. The lowest BCUT2D eigenvalue weighted by molar-refractivity contribution is 0.898. The van der Waals surface area contributed by atoms with Gasteiger partial charge < -0.3 is 9.88 Å². The van der Waals surface area contributed by atoms with E-state index in [0.29, 0.717) is 5.65 Å². The number of benzene rings is 1. The highest BCUT2D eigenvalue weighted by Gasteiger charge is 2.13. The molecule has 5 nitrogen and oxygen atoms in total. The Kier molecular flexibility index (Phi) is 3.28. The highest BCUT2D eigenvalue weighted by Crippen LogP contribution is 2.23. The second kappa shape index (κ2) is 5.09. The summed E-state index contributed by atoms with van der Waals surface area (Å²) in [6, 6.07) is 8.42. The van der Waals surface area contributed by atoms with Crippen LogP contribution in [0.3, 0.4) is 0 Å². The molecule has 3 aromatic rings. The van der Waals surface area contributed by atoms with Crippen molar-refractivity contribution in [3.8, 4) is 0 Å². The van der Waals surface area contributed by atoms with Crippen LogP contribution < -0.4 is 4.90 Å². The van der Waals surface area contributed by atoms with E-state index in [9.17, 15) is 0 Å². The Morgan fingerprint density at radius 1 is 1.20 bits per heavy atom. The Labute approximate surface area is 121 Å². The highest BCUT2D eigenvalue weighted by molar-refractivity contribution is 6.28. The highest BCUT2D eigenvalue weighted by atomic mass is 35.5. The molecule has 1 aromatic carbocycles. The molecule has 2 heterocycles. The predicted octanol–water partition coefficient (Wildman–Crippen LogP) is 2.95. The largest absolute Gasteiger partial charge is 0.353 e. The molecule has 0 aliphatic heterocycles. The van der Waals surface area contributed by atoms with Crippen LogP contribution in [0.4, 0.5) is 5.82 Å². The Hall–Kier alpha value is -2.14. The molecule has 2 aromatic heterocycles. The molecule has 6 heteroatoms. The first-order valence-electron chi connectivity index (χ1n) is 6.27. The first-order chi connectivity index (χ1) is 9.63. The van der Waals surface area contributed by atoms with Gasteiger partial charge in [-0.1, -0.05) is 29.8 Å². The van der Waals surface area contributed by atoms with Crippen molar-refractivity contribution < 1.29 is 0 Å². The van der Waals surface area contributed by atoms with E-state index in [2.05, 4.69) is 51.1 Å². The molecule has 0 saturated heterocycles. The number of halogens is 1. The Morgan fingerprint density at radius 2 is 1.95 bits per heavy atom. The first-order valence-corrected chi connectivity index (χ1v) is 6.64. The van der Waals surface area contributed by atoms with Crippen LogP contribution in [0.1, 0.15) is 11.1 Å². The van der Waals surface area contributed by atoms with Gasteiger partial charge >= 0.3 is 0 Å². The Morgan fingerprint density at radius 3 is 2.70 bits per heavy atom. The van der Waals surface area contributed by atoms with Crippen molar-refractivity contribution in [2.24, 2.45) is 0 Å². The van der Waals surface area contributed by atoms with Crippen molar-refractivity contribution in [3.05, 3.63) is 47.0 Å². The zero-order valence-corrected chi connectivity index (χ0v) is 12.0. The maximum Gasteiger partial charge on any atom is 0.226 e. The lowest BCUT2D eigenvalue weighted by atomic mass is 10.1. The van der Waals surface area contributed by atoms with Crippen LogP contribution >= 0.6 is 11.6 Å². The molecular formula is C14H14ClN5. The van der Waals surface area contributed by atoms with Crippen LogP contribution in [0.2, 0.25) is 5.28 Å². The van der Waals surface area contributed by atoms with Gasteiger partial charge in [0.05, 0.1) is 6.33 Å². The maximum atomic E-state index is 5.95. The normalized spacial score (nSPS) is 10.9. The molecule has 0 fully saturated rings. The minimum Gasteiger partial charge on any atom is -0.353 e. The third-order valence-electron chi connectivity index (χ3n) is 3.14. The minimum absolute atomic E-state index is 0.204. The number of aryl methyl sites for hydroxylation is 1. The lowest BCUT2D eigenvalue weighted by Gasteiger charge is -2.18.